The van der Waals surface area contributed by atoms with Crippen LogP contribution in [0.1, 0.15) is 36.8 Å². The third kappa shape index (κ3) is 2.81. The molecule has 1 aromatic rings. The molecular weight excluding hydrogens is 240 g/mol. The van der Waals surface area contributed by atoms with Gasteiger partial charge in [0.25, 0.3) is 5.91 Å². The molecule has 19 heavy (non-hydrogen) atoms. The van der Waals surface area contributed by atoms with Crippen molar-refractivity contribution in [1.82, 2.24) is 14.7 Å². The number of carbonyl (C=O) groups excluding carboxylic acids is 1. The average Bonchev–Trinajstić information content (AvgIpc) is 2.71. The molecule has 0 aromatic carbocycles. The number of amides is 1. The Hall–Kier alpha value is -1.36. The van der Waals surface area contributed by atoms with Crippen molar-refractivity contribution in [1.29, 1.82) is 0 Å². The monoisotopic (exact) mass is 265 g/mol. The fourth-order valence-corrected chi connectivity index (χ4v) is 2.56. The van der Waals surface area contributed by atoms with Gasteiger partial charge in [-0.25, -0.2) is 0 Å². The zero-order valence-electron chi connectivity index (χ0n) is 12.7. The first-order chi connectivity index (χ1) is 8.80. The summed E-state index contributed by atoms with van der Waals surface area (Å²) < 4.78 is 1.93. The summed E-state index contributed by atoms with van der Waals surface area (Å²) in [4.78, 5) is 16.0. The topological polar surface area (TPSA) is 42.6 Å². The van der Waals surface area contributed by atoms with Crippen molar-refractivity contribution in [3.63, 3.8) is 0 Å². The molecule has 106 valence electrons. The third-order valence-electron chi connectivity index (χ3n) is 3.78. The molecule has 1 N–H and O–H groups in total. The summed E-state index contributed by atoms with van der Waals surface area (Å²) in [5, 5.41) is 4.38. The number of piperazine rings is 1. The van der Waals surface area contributed by atoms with E-state index in [0.29, 0.717) is 0 Å². The van der Waals surface area contributed by atoms with Gasteiger partial charge in [0.15, 0.2) is 0 Å². The van der Waals surface area contributed by atoms with Crippen LogP contribution in [0.2, 0.25) is 0 Å². The Morgan fingerprint density at radius 3 is 2.37 bits per heavy atom. The molecule has 1 aliphatic heterocycles. The molecule has 0 radical (unpaired) electrons. The highest BCUT2D eigenvalue weighted by molar-refractivity contribution is 5.95. The van der Waals surface area contributed by atoms with E-state index in [4.69, 9.17) is 0 Å². The summed E-state index contributed by atoms with van der Waals surface area (Å²) in [7, 11) is 2.17. The van der Waals surface area contributed by atoms with Crippen molar-refractivity contribution in [2.75, 3.05) is 33.2 Å². The van der Waals surface area contributed by atoms with E-state index < -0.39 is 0 Å². The molecule has 1 saturated heterocycles. The number of aromatic nitrogens is 2. The number of quaternary nitrogens is 1. The van der Waals surface area contributed by atoms with E-state index in [-0.39, 0.29) is 11.4 Å². The molecule has 0 atom stereocenters. The van der Waals surface area contributed by atoms with Gasteiger partial charge in [0, 0.05) is 5.69 Å². The summed E-state index contributed by atoms with van der Waals surface area (Å²) in [5.41, 5.74) is 1.62. The van der Waals surface area contributed by atoms with Gasteiger partial charge in [0.05, 0.1) is 50.5 Å². The fourth-order valence-electron chi connectivity index (χ4n) is 2.56. The van der Waals surface area contributed by atoms with Gasteiger partial charge in [-0.1, -0.05) is 0 Å². The Bertz CT molecular complexity index is 464. The first kappa shape index (κ1) is 14.1. The molecule has 0 unspecified atom stereocenters. The predicted molar refractivity (Wildman–Crippen MR) is 74.5 cm³/mol. The molecule has 0 aliphatic carbocycles. The number of nitrogens with one attached hydrogen (secondary N) is 1. The molecule has 0 spiro atoms. The SMILES string of the molecule is Cc1c(C(=O)N2CC[NH+](C)CC2)cnn1C(C)(C)C. The van der Waals surface area contributed by atoms with E-state index in [1.165, 1.54) is 4.90 Å². The van der Waals surface area contributed by atoms with Crippen LogP contribution in [0.3, 0.4) is 0 Å². The van der Waals surface area contributed by atoms with Crippen LogP contribution < -0.4 is 4.90 Å². The minimum absolute atomic E-state index is 0.0884. The maximum Gasteiger partial charge on any atom is 0.257 e. The third-order valence-corrected chi connectivity index (χ3v) is 3.78. The zero-order valence-corrected chi connectivity index (χ0v) is 12.7. The lowest BCUT2D eigenvalue weighted by molar-refractivity contribution is -0.883. The number of rotatable bonds is 1. The Morgan fingerprint density at radius 1 is 1.32 bits per heavy atom. The number of likely N-dealkylation sites (N-methyl/N-ethyl adjacent to an activating group) is 1. The summed E-state index contributed by atoms with van der Waals surface area (Å²) in [6, 6.07) is 0. The van der Waals surface area contributed by atoms with Gasteiger partial charge in [0.2, 0.25) is 0 Å². The molecule has 2 rings (SSSR count). The Labute approximate surface area is 115 Å². The molecule has 0 saturated carbocycles. The lowest BCUT2D eigenvalue weighted by Crippen LogP contribution is -3.12. The molecule has 1 amide bonds. The highest BCUT2D eigenvalue weighted by Crippen LogP contribution is 2.19. The second-order valence-corrected chi connectivity index (χ2v) is 6.48. The largest absolute Gasteiger partial charge is 0.334 e. The van der Waals surface area contributed by atoms with E-state index in [9.17, 15) is 4.79 Å². The van der Waals surface area contributed by atoms with Gasteiger partial charge < -0.3 is 9.80 Å². The van der Waals surface area contributed by atoms with E-state index in [0.717, 1.165) is 37.4 Å². The number of hydrogen-bond donors (Lipinski definition) is 1. The number of carbonyl (C=O) groups is 1. The van der Waals surface area contributed by atoms with Crippen LogP contribution in [-0.4, -0.2) is 53.8 Å². The first-order valence-electron chi connectivity index (χ1n) is 6.96. The number of nitrogens with zero attached hydrogens (tertiary/aromatic N) is 3. The van der Waals surface area contributed by atoms with Crippen LogP contribution in [0.15, 0.2) is 6.20 Å². The average molecular weight is 265 g/mol. The Morgan fingerprint density at radius 2 is 1.89 bits per heavy atom. The van der Waals surface area contributed by atoms with E-state index in [1.54, 1.807) is 6.20 Å². The maximum absolute atomic E-state index is 12.5. The molecule has 5 heteroatoms. The number of hydrogen-bond acceptors (Lipinski definition) is 2. The van der Waals surface area contributed by atoms with Gasteiger partial charge in [0.1, 0.15) is 0 Å². The maximum atomic E-state index is 12.5. The minimum Gasteiger partial charge on any atom is -0.334 e. The molecule has 1 fully saturated rings. The lowest BCUT2D eigenvalue weighted by atomic mass is 10.1. The van der Waals surface area contributed by atoms with Crippen molar-refractivity contribution >= 4 is 5.91 Å². The van der Waals surface area contributed by atoms with E-state index >= 15 is 0 Å². The lowest BCUT2D eigenvalue weighted by Gasteiger charge is -2.30. The standard InChI is InChI=1S/C14H24N4O/c1-11-12(10-15-18(11)14(2,3)4)13(19)17-8-6-16(5)7-9-17/h10H,6-9H2,1-5H3/p+1. The molecule has 0 bridgehead atoms. The van der Waals surface area contributed by atoms with Crippen LogP contribution in [0.4, 0.5) is 0 Å². The van der Waals surface area contributed by atoms with Crippen LogP contribution in [0.25, 0.3) is 0 Å². The normalized spacial score (nSPS) is 17.8. The van der Waals surface area contributed by atoms with Crippen molar-refractivity contribution in [3.8, 4) is 0 Å². The quantitative estimate of drug-likeness (QED) is 0.771. The summed E-state index contributed by atoms with van der Waals surface area (Å²) in [6.45, 7) is 12.0. The molecule has 5 nitrogen and oxygen atoms in total. The van der Waals surface area contributed by atoms with Gasteiger partial charge >= 0.3 is 0 Å². The smallest absolute Gasteiger partial charge is 0.257 e. The van der Waals surface area contributed by atoms with Gasteiger partial charge in [-0.2, -0.15) is 5.10 Å². The fraction of sp³-hybridized carbons (Fsp3) is 0.714. The Kier molecular flexibility index (Phi) is 3.67. The van der Waals surface area contributed by atoms with E-state index in [2.05, 4.69) is 32.9 Å². The van der Waals surface area contributed by atoms with Crippen LogP contribution >= 0.6 is 0 Å². The van der Waals surface area contributed by atoms with Crippen LogP contribution in [-0.2, 0) is 5.54 Å². The highest BCUT2D eigenvalue weighted by Gasteiger charge is 2.27. The Balaban J connectivity index is 2.19. The second-order valence-electron chi connectivity index (χ2n) is 6.48. The summed E-state index contributed by atoms with van der Waals surface area (Å²) in [6.07, 6.45) is 1.72. The summed E-state index contributed by atoms with van der Waals surface area (Å²) >= 11 is 0. The second kappa shape index (κ2) is 4.96. The first-order valence-corrected chi connectivity index (χ1v) is 6.96. The van der Waals surface area contributed by atoms with Crippen molar-refractivity contribution in [3.05, 3.63) is 17.5 Å². The van der Waals surface area contributed by atoms with Crippen molar-refractivity contribution in [2.45, 2.75) is 33.2 Å². The molecular formula is C14H25N4O+. The molecule has 1 aliphatic rings. The van der Waals surface area contributed by atoms with Gasteiger partial charge in [-0.05, 0) is 27.7 Å². The molecule has 1 aromatic heterocycles. The van der Waals surface area contributed by atoms with Gasteiger partial charge in [-0.3, -0.25) is 9.48 Å². The van der Waals surface area contributed by atoms with Crippen LogP contribution in [0.5, 0.6) is 0 Å². The van der Waals surface area contributed by atoms with Gasteiger partial charge in [-0.15, -0.1) is 0 Å². The van der Waals surface area contributed by atoms with Crippen molar-refractivity contribution < 1.29 is 9.69 Å². The van der Waals surface area contributed by atoms with Crippen molar-refractivity contribution in [2.24, 2.45) is 0 Å². The summed E-state index contributed by atoms with van der Waals surface area (Å²) in [5.74, 6) is 0.125. The zero-order chi connectivity index (χ0) is 14.2. The minimum atomic E-state index is -0.0884. The highest BCUT2D eigenvalue weighted by atomic mass is 16.2. The van der Waals surface area contributed by atoms with E-state index in [1.807, 2.05) is 16.5 Å². The van der Waals surface area contributed by atoms with Crippen LogP contribution in [0, 0.1) is 6.92 Å². The predicted octanol–water partition coefficient (Wildman–Crippen LogP) is -0.0830. The molecule has 2 heterocycles.